The summed E-state index contributed by atoms with van der Waals surface area (Å²) in [7, 11) is -3.58. The van der Waals surface area contributed by atoms with Gasteiger partial charge in [0.25, 0.3) is 0 Å². The number of amides is 1. The summed E-state index contributed by atoms with van der Waals surface area (Å²) in [4.78, 5) is 13.6. The lowest BCUT2D eigenvalue weighted by atomic mass is 10.2. The Bertz CT molecular complexity index is 655. The average molecular weight is 310 g/mol. The zero-order valence-corrected chi connectivity index (χ0v) is 12.6. The Morgan fingerprint density at radius 2 is 2.05 bits per heavy atom. The Morgan fingerprint density at radius 1 is 1.33 bits per heavy atom. The van der Waals surface area contributed by atoms with Gasteiger partial charge in [-0.05, 0) is 31.4 Å². The van der Waals surface area contributed by atoms with Gasteiger partial charge in [-0.2, -0.15) is 0 Å². The van der Waals surface area contributed by atoms with Crippen LogP contribution in [0, 0.1) is 6.92 Å². The molecule has 1 saturated carbocycles. The second-order valence-electron chi connectivity index (χ2n) is 5.51. The molecule has 2 fully saturated rings. The number of hydrogen-bond acceptors (Lipinski definition) is 4. The van der Waals surface area contributed by atoms with Crippen LogP contribution < -0.4 is 4.72 Å². The van der Waals surface area contributed by atoms with Crippen LogP contribution in [0.25, 0.3) is 0 Å². The Kier molecular flexibility index (Phi) is 3.62. The van der Waals surface area contributed by atoms with Crippen molar-refractivity contribution < 1.29 is 17.9 Å². The van der Waals surface area contributed by atoms with Crippen molar-refractivity contribution >= 4 is 16.1 Å². The number of nitrogens with one attached hydrogen (secondary N) is 1. The van der Waals surface area contributed by atoms with E-state index in [0.717, 1.165) is 12.8 Å². The van der Waals surface area contributed by atoms with Crippen LogP contribution in [0.3, 0.4) is 0 Å². The second kappa shape index (κ2) is 5.31. The number of carbonyl (C=O) groups is 1. The Morgan fingerprint density at radius 3 is 2.71 bits per heavy atom. The molecule has 21 heavy (non-hydrogen) atoms. The maximum absolute atomic E-state index is 12.3. The van der Waals surface area contributed by atoms with Crippen molar-refractivity contribution in [3.05, 3.63) is 29.8 Å². The first-order valence-corrected chi connectivity index (χ1v) is 8.48. The molecule has 1 aromatic carbocycles. The zero-order chi connectivity index (χ0) is 15.0. The van der Waals surface area contributed by atoms with Gasteiger partial charge in [0.15, 0.2) is 0 Å². The smallest absolute Gasteiger partial charge is 0.410 e. The summed E-state index contributed by atoms with van der Waals surface area (Å²) in [5.74, 6) is 0. The normalized spacial score (nSPS) is 22.4. The van der Waals surface area contributed by atoms with E-state index in [2.05, 4.69) is 4.72 Å². The van der Waals surface area contributed by atoms with Gasteiger partial charge in [-0.3, -0.25) is 0 Å². The molecule has 0 bridgehead atoms. The highest BCUT2D eigenvalue weighted by atomic mass is 32.2. The number of hydrogen-bond donors (Lipinski definition) is 1. The van der Waals surface area contributed by atoms with E-state index >= 15 is 0 Å². The largest absolute Gasteiger partial charge is 0.443 e. The van der Waals surface area contributed by atoms with Gasteiger partial charge in [-0.1, -0.05) is 18.2 Å². The van der Waals surface area contributed by atoms with Gasteiger partial charge >= 0.3 is 6.09 Å². The minimum Gasteiger partial charge on any atom is -0.443 e. The number of ether oxygens (including phenoxy) is 1. The first-order valence-electron chi connectivity index (χ1n) is 7.00. The van der Waals surface area contributed by atoms with E-state index in [1.165, 1.54) is 0 Å². The van der Waals surface area contributed by atoms with Crippen molar-refractivity contribution in [3.63, 3.8) is 0 Å². The molecule has 0 aromatic heterocycles. The molecule has 2 aliphatic rings. The number of benzene rings is 1. The van der Waals surface area contributed by atoms with Crippen LogP contribution in [0.1, 0.15) is 18.4 Å². The molecule has 0 radical (unpaired) electrons. The number of nitrogens with zero attached hydrogens (tertiary/aromatic N) is 1. The van der Waals surface area contributed by atoms with Crippen LogP contribution in [-0.2, 0) is 14.8 Å². The summed E-state index contributed by atoms with van der Waals surface area (Å²) in [6.45, 7) is 2.31. The number of rotatable bonds is 5. The predicted octanol–water partition coefficient (Wildman–Crippen LogP) is 1.26. The monoisotopic (exact) mass is 310 g/mol. The third kappa shape index (κ3) is 3.03. The number of cyclic esters (lactones) is 1. The highest BCUT2D eigenvalue weighted by Crippen LogP contribution is 2.30. The molecule has 1 atom stereocenters. The van der Waals surface area contributed by atoms with Gasteiger partial charge < -0.3 is 9.64 Å². The quantitative estimate of drug-likeness (QED) is 0.888. The molecule has 1 aliphatic heterocycles. The number of aryl methyl sites for hydroxylation is 1. The summed E-state index contributed by atoms with van der Waals surface area (Å²) in [6.07, 6.45) is 1.27. The molecular weight excluding hydrogens is 292 g/mol. The van der Waals surface area contributed by atoms with Gasteiger partial charge in [-0.25, -0.2) is 17.9 Å². The molecule has 6 nitrogen and oxygen atoms in total. The molecular formula is C14H18N2O4S. The van der Waals surface area contributed by atoms with Crippen LogP contribution in [-0.4, -0.2) is 44.6 Å². The minimum absolute atomic E-state index is 0.103. The minimum atomic E-state index is -3.58. The van der Waals surface area contributed by atoms with Crippen molar-refractivity contribution in [2.75, 3.05) is 13.1 Å². The lowest BCUT2D eigenvalue weighted by molar-refractivity contribution is 0.133. The second-order valence-corrected chi connectivity index (χ2v) is 7.24. The number of carbonyl (C=O) groups excluding carboxylic acids is 1. The third-order valence-corrected chi connectivity index (χ3v) is 5.36. The molecule has 1 N–H and O–H groups in total. The van der Waals surface area contributed by atoms with E-state index in [1.54, 1.807) is 36.1 Å². The summed E-state index contributed by atoms with van der Waals surface area (Å²) in [5, 5.41) is 0. The van der Waals surface area contributed by atoms with E-state index in [9.17, 15) is 13.2 Å². The third-order valence-electron chi connectivity index (χ3n) is 3.77. The average Bonchev–Trinajstić information content (AvgIpc) is 3.21. The van der Waals surface area contributed by atoms with E-state index in [1.807, 2.05) is 0 Å². The van der Waals surface area contributed by atoms with Gasteiger partial charge in [0.2, 0.25) is 10.0 Å². The maximum atomic E-state index is 12.3. The van der Waals surface area contributed by atoms with Gasteiger partial charge in [0, 0.05) is 12.6 Å². The lowest BCUT2D eigenvalue weighted by Crippen LogP contribution is -2.35. The molecule has 1 aromatic rings. The predicted molar refractivity (Wildman–Crippen MR) is 76.4 cm³/mol. The maximum Gasteiger partial charge on any atom is 0.410 e. The molecule has 1 saturated heterocycles. The summed E-state index contributed by atoms with van der Waals surface area (Å²) < 4.78 is 32.2. The summed E-state index contributed by atoms with van der Waals surface area (Å²) >= 11 is 0. The zero-order valence-electron chi connectivity index (χ0n) is 11.8. The Balaban J connectivity index is 1.62. The molecule has 1 amide bonds. The van der Waals surface area contributed by atoms with Crippen LogP contribution in [0.5, 0.6) is 0 Å². The SMILES string of the molecule is Cc1ccccc1S(=O)(=O)NCC1CN(C2CC2)C(=O)O1. The summed E-state index contributed by atoms with van der Waals surface area (Å²) in [5.41, 5.74) is 0.688. The van der Waals surface area contributed by atoms with E-state index in [0.29, 0.717) is 12.1 Å². The first kappa shape index (κ1) is 14.3. The fourth-order valence-corrected chi connectivity index (χ4v) is 3.78. The van der Waals surface area contributed by atoms with Crippen molar-refractivity contribution in [1.82, 2.24) is 9.62 Å². The standard InChI is InChI=1S/C14H18N2O4S/c1-10-4-2-3-5-13(10)21(18,19)15-8-12-9-16(11-6-7-11)14(17)20-12/h2-5,11-12,15H,6-9H2,1H3. The van der Waals surface area contributed by atoms with E-state index < -0.39 is 16.1 Å². The topological polar surface area (TPSA) is 75.7 Å². The van der Waals surface area contributed by atoms with E-state index in [4.69, 9.17) is 4.74 Å². The Labute approximate surface area is 124 Å². The molecule has 3 rings (SSSR count). The van der Waals surface area contributed by atoms with Gasteiger partial charge in [-0.15, -0.1) is 0 Å². The van der Waals surface area contributed by atoms with Crippen LogP contribution in [0.15, 0.2) is 29.2 Å². The van der Waals surface area contributed by atoms with Crippen molar-refractivity contribution in [2.24, 2.45) is 0 Å². The summed E-state index contributed by atoms with van der Waals surface area (Å²) in [6, 6.07) is 7.08. The molecule has 1 unspecified atom stereocenters. The van der Waals surface area contributed by atoms with Crippen LogP contribution in [0.2, 0.25) is 0 Å². The molecule has 1 aliphatic carbocycles. The van der Waals surface area contributed by atoms with Crippen molar-refractivity contribution in [3.8, 4) is 0 Å². The molecule has 7 heteroatoms. The van der Waals surface area contributed by atoms with Gasteiger partial charge in [0.05, 0.1) is 11.4 Å². The Hall–Kier alpha value is -1.60. The van der Waals surface area contributed by atoms with Crippen molar-refractivity contribution in [2.45, 2.75) is 36.8 Å². The highest BCUT2D eigenvalue weighted by Gasteiger charge is 2.41. The highest BCUT2D eigenvalue weighted by molar-refractivity contribution is 7.89. The number of sulfonamides is 1. The van der Waals surface area contributed by atoms with Crippen molar-refractivity contribution in [1.29, 1.82) is 0 Å². The van der Waals surface area contributed by atoms with Crippen LogP contribution in [0.4, 0.5) is 4.79 Å². The fourth-order valence-electron chi connectivity index (χ4n) is 2.47. The van der Waals surface area contributed by atoms with E-state index in [-0.39, 0.29) is 23.6 Å². The molecule has 1 heterocycles. The van der Waals surface area contributed by atoms with Gasteiger partial charge in [0.1, 0.15) is 6.10 Å². The fraction of sp³-hybridized carbons (Fsp3) is 0.500. The first-order chi connectivity index (χ1) is 9.97. The molecule has 114 valence electrons. The van der Waals surface area contributed by atoms with Crippen LogP contribution >= 0.6 is 0 Å². The molecule has 0 spiro atoms. The lowest BCUT2D eigenvalue weighted by Gasteiger charge is -2.12.